The Morgan fingerprint density at radius 3 is 1.73 bits per heavy atom. The maximum absolute atomic E-state index is 13.4. The Morgan fingerprint density at radius 2 is 1.14 bits per heavy atom. The molecule has 0 radical (unpaired) electrons. The number of Topliss-reactive ketones (excluding diaryl/α,β-unsaturated/α-hetero) is 1. The average molecular weight is 593 g/mol. The number of hydrogen-bond acceptors (Lipinski definition) is 4. The lowest BCUT2D eigenvalue weighted by atomic mass is 9.77. The van der Waals surface area contributed by atoms with Crippen molar-refractivity contribution in [1.82, 2.24) is 9.55 Å². The molecular formula is C38H28N2O3S. The first-order chi connectivity index (χ1) is 21.5. The summed E-state index contributed by atoms with van der Waals surface area (Å²) in [5.74, 6) is -0.614. The fourth-order valence-corrected chi connectivity index (χ4v) is 7.79. The van der Waals surface area contributed by atoms with Crippen molar-refractivity contribution >= 4 is 21.7 Å². The monoisotopic (exact) mass is 592 g/mol. The van der Waals surface area contributed by atoms with Crippen LogP contribution in [0.3, 0.4) is 0 Å². The minimum atomic E-state index is -3.64. The molecule has 44 heavy (non-hydrogen) atoms. The molecule has 214 valence electrons. The molecule has 5 aromatic carbocycles. The summed E-state index contributed by atoms with van der Waals surface area (Å²) in [6, 6.07) is 45.1. The number of hydrogen-bond donors (Lipinski definition) is 0. The van der Waals surface area contributed by atoms with Gasteiger partial charge in [-0.1, -0.05) is 127 Å². The van der Waals surface area contributed by atoms with Gasteiger partial charge in [-0.3, -0.25) is 4.79 Å². The van der Waals surface area contributed by atoms with Crippen molar-refractivity contribution < 1.29 is 13.2 Å². The number of sulfone groups is 1. The van der Waals surface area contributed by atoms with Crippen molar-refractivity contribution in [2.24, 2.45) is 0 Å². The van der Waals surface area contributed by atoms with E-state index in [1.807, 2.05) is 91.4 Å². The minimum Gasteiger partial charge on any atom is -0.318 e. The molecule has 0 unspecified atom stereocenters. The van der Waals surface area contributed by atoms with Gasteiger partial charge in [-0.05, 0) is 40.5 Å². The number of benzene rings is 5. The SMILES string of the molecule is O=C1/C(=C/c2ccccc2-c2cn(C(c3ccccc3)(c3ccccc3)c3ccccc3)cn2)CS(=O)(=O)c2ccccc21. The first-order valence-corrected chi connectivity index (χ1v) is 16.0. The van der Waals surface area contributed by atoms with Gasteiger partial charge >= 0.3 is 0 Å². The highest BCUT2D eigenvalue weighted by Gasteiger charge is 2.38. The zero-order valence-corrected chi connectivity index (χ0v) is 24.6. The van der Waals surface area contributed by atoms with Crippen molar-refractivity contribution in [3.63, 3.8) is 0 Å². The summed E-state index contributed by atoms with van der Waals surface area (Å²) in [5.41, 5.74) is 5.19. The zero-order chi connectivity index (χ0) is 30.1. The van der Waals surface area contributed by atoms with Crippen LogP contribution in [0.5, 0.6) is 0 Å². The van der Waals surface area contributed by atoms with Gasteiger partial charge in [0.1, 0.15) is 5.54 Å². The molecule has 0 amide bonds. The highest BCUT2D eigenvalue weighted by atomic mass is 32.2. The molecule has 0 fully saturated rings. The number of carbonyl (C=O) groups excluding carboxylic acids is 1. The normalized spacial score (nSPS) is 15.2. The van der Waals surface area contributed by atoms with Crippen molar-refractivity contribution in [1.29, 1.82) is 0 Å². The van der Waals surface area contributed by atoms with Gasteiger partial charge in [0.05, 0.1) is 22.7 Å². The highest BCUT2D eigenvalue weighted by molar-refractivity contribution is 7.91. The van der Waals surface area contributed by atoms with Gasteiger partial charge in [0.2, 0.25) is 0 Å². The summed E-state index contributed by atoms with van der Waals surface area (Å²) in [7, 11) is -3.64. The standard InChI is InChI=1S/C38H28N2O3S/c41-37-29(26-44(42,43)36-23-13-12-22-34(36)37)24-28-14-10-11-21-33(28)35-25-40(27-39-35)38(30-15-4-1-5-16-30,31-17-6-2-7-18-31)32-19-8-3-9-20-32/h1-25,27H,26H2/b29-24+. The Labute approximate surface area is 256 Å². The van der Waals surface area contributed by atoms with Gasteiger partial charge in [0, 0.05) is 22.9 Å². The van der Waals surface area contributed by atoms with Crippen LogP contribution < -0.4 is 0 Å². The van der Waals surface area contributed by atoms with E-state index in [4.69, 9.17) is 4.98 Å². The lowest BCUT2D eigenvalue weighted by Crippen LogP contribution is -2.36. The molecule has 0 saturated heterocycles. The van der Waals surface area contributed by atoms with Crippen LogP contribution in [-0.2, 0) is 15.4 Å². The fourth-order valence-electron chi connectivity index (χ4n) is 6.23. The van der Waals surface area contributed by atoms with Gasteiger partial charge in [0.15, 0.2) is 15.6 Å². The van der Waals surface area contributed by atoms with Crippen LogP contribution in [0.15, 0.2) is 163 Å². The maximum atomic E-state index is 13.4. The average Bonchev–Trinajstić information content (AvgIpc) is 3.56. The maximum Gasteiger partial charge on any atom is 0.191 e. The first kappa shape index (κ1) is 27.5. The van der Waals surface area contributed by atoms with E-state index in [0.717, 1.165) is 27.8 Å². The molecule has 0 N–H and O–H groups in total. The molecule has 1 aliphatic heterocycles. The van der Waals surface area contributed by atoms with Crippen LogP contribution in [0.25, 0.3) is 17.3 Å². The molecule has 0 bridgehead atoms. The van der Waals surface area contributed by atoms with Crippen molar-refractivity contribution in [3.8, 4) is 11.3 Å². The van der Waals surface area contributed by atoms with Crippen molar-refractivity contribution in [3.05, 3.63) is 185 Å². The van der Waals surface area contributed by atoms with E-state index < -0.39 is 15.4 Å². The van der Waals surface area contributed by atoms with E-state index in [1.54, 1.807) is 24.3 Å². The molecule has 0 spiro atoms. The third kappa shape index (κ3) is 4.60. The first-order valence-electron chi connectivity index (χ1n) is 14.4. The Kier molecular flexibility index (Phi) is 6.91. The molecular weight excluding hydrogens is 564 g/mol. The number of nitrogens with zero attached hydrogens (tertiary/aromatic N) is 2. The van der Waals surface area contributed by atoms with Crippen LogP contribution in [0.4, 0.5) is 0 Å². The molecule has 2 heterocycles. The number of fused-ring (bicyclic) bond motifs is 1. The van der Waals surface area contributed by atoms with Gasteiger partial charge < -0.3 is 4.57 Å². The largest absolute Gasteiger partial charge is 0.318 e. The summed E-state index contributed by atoms with van der Waals surface area (Å²) < 4.78 is 28.3. The van der Waals surface area contributed by atoms with Gasteiger partial charge in [-0.15, -0.1) is 0 Å². The van der Waals surface area contributed by atoms with Gasteiger partial charge in [0.25, 0.3) is 0 Å². The predicted molar refractivity (Wildman–Crippen MR) is 173 cm³/mol. The summed E-state index contributed by atoms with van der Waals surface area (Å²) in [4.78, 5) is 18.4. The molecule has 5 nitrogen and oxygen atoms in total. The topological polar surface area (TPSA) is 69.0 Å². The minimum absolute atomic E-state index is 0.0910. The Balaban J connectivity index is 1.40. The van der Waals surface area contributed by atoms with Gasteiger partial charge in [-0.25, -0.2) is 13.4 Å². The molecule has 0 saturated carbocycles. The Morgan fingerprint density at radius 1 is 0.636 bits per heavy atom. The van der Waals surface area contributed by atoms with Crippen LogP contribution in [0.2, 0.25) is 0 Å². The molecule has 6 aromatic rings. The van der Waals surface area contributed by atoms with E-state index in [1.165, 1.54) is 6.07 Å². The van der Waals surface area contributed by atoms with Crippen molar-refractivity contribution in [2.75, 3.05) is 5.75 Å². The fraction of sp³-hybridized carbons (Fsp3) is 0.0526. The van der Waals surface area contributed by atoms with Crippen LogP contribution >= 0.6 is 0 Å². The molecule has 0 aliphatic carbocycles. The number of carbonyl (C=O) groups is 1. The lowest BCUT2D eigenvalue weighted by molar-refractivity contribution is 0.103. The van der Waals surface area contributed by atoms with Crippen LogP contribution in [0.1, 0.15) is 32.6 Å². The molecule has 6 heteroatoms. The third-order valence-corrected chi connectivity index (χ3v) is 9.93. The zero-order valence-electron chi connectivity index (χ0n) is 23.7. The van der Waals surface area contributed by atoms with E-state index >= 15 is 0 Å². The number of ketones is 1. The number of rotatable bonds is 6. The Bertz CT molecular complexity index is 2020. The summed E-state index contributed by atoms with van der Waals surface area (Å²) in [5, 5.41) is 0. The smallest absolute Gasteiger partial charge is 0.191 e. The Hall–Kier alpha value is -5.33. The number of aromatic nitrogens is 2. The van der Waals surface area contributed by atoms with E-state index in [0.29, 0.717) is 5.69 Å². The quantitative estimate of drug-likeness (QED) is 0.149. The lowest BCUT2D eigenvalue weighted by Gasteiger charge is -2.37. The predicted octanol–water partition coefficient (Wildman–Crippen LogP) is 7.44. The van der Waals surface area contributed by atoms with E-state index in [2.05, 4.69) is 41.0 Å². The van der Waals surface area contributed by atoms with Crippen LogP contribution in [-0.4, -0.2) is 29.5 Å². The molecule has 0 atom stereocenters. The second-order valence-electron chi connectivity index (χ2n) is 10.8. The van der Waals surface area contributed by atoms with Crippen LogP contribution in [0, 0.1) is 0 Å². The van der Waals surface area contributed by atoms with Crippen molar-refractivity contribution in [2.45, 2.75) is 10.4 Å². The van der Waals surface area contributed by atoms with E-state index in [-0.39, 0.29) is 27.6 Å². The second kappa shape index (κ2) is 11.1. The summed E-state index contributed by atoms with van der Waals surface area (Å²) >= 11 is 0. The highest BCUT2D eigenvalue weighted by Crippen LogP contribution is 2.41. The van der Waals surface area contributed by atoms with Gasteiger partial charge in [-0.2, -0.15) is 0 Å². The van der Waals surface area contributed by atoms with E-state index in [9.17, 15) is 13.2 Å². The molecule has 1 aromatic heterocycles. The molecule has 7 rings (SSSR count). The summed E-state index contributed by atoms with van der Waals surface area (Å²) in [6.45, 7) is 0. The second-order valence-corrected chi connectivity index (χ2v) is 12.8. The molecule has 1 aliphatic rings. The third-order valence-electron chi connectivity index (χ3n) is 8.21. The summed E-state index contributed by atoms with van der Waals surface area (Å²) in [6.07, 6.45) is 5.57. The number of imidazole rings is 1.